The standard InChI is InChI=1S/C20H23F2N3O3/c21-15-5-6-17(22)18(11-15)24-19(26)7-8-23-20(27)14-3-1-9-25(12-14)13-16-4-2-10-28-16/h2,4-6,10-11,14H,1,3,7-9,12-13H2,(H,23,27)(H,24,26). The number of hydrogen-bond donors (Lipinski definition) is 2. The summed E-state index contributed by atoms with van der Waals surface area (Å²) in [5.41, 5.74) is -0.211. The molecule has 0 aliphatic carbocycles. The molecule has 2 N–H and O–H groups in total. The van der Waals surface area contributed by atoms with Crippen molar-refractivity contribution in [1.29, 1.82) is 0 Å². The monoisotopic (exact) mass is 391 g/mol. The summed E-state index contributed by atoms with van der Waals surface area (Å²) in [4.78, 5) is 26.4. The van der Waals surface area contributed by atoms with Gasteiger partial charge in [-0.3, -0.25) is 14.5 Å². The van der Waals surface area contributed by atoms with E-state index in [1.165, 1.54) is 0 Å². The van der Waals surface area contributed by atoms with Crippen molar-refractivity contribution in [2.75, 3.05) is 25.0 Å². The number of carbonyl (C=O) groups is 2. The Morgan fingerprint density at radius 2 is 2.11 bits per heavy atom. The molecule has 0 spiro atoms. The molecule has 1 atom stereocenters. The first kappa shape index (κ1) is 20.0. The molecule has 1 aliphatic rings. The van der Waals surface area contributed by atoms with Gasteiger partial charge in [0.1, 0.15) is 17.4 Å². The molecule has 2 heterocycles. The third-order valence-electron chi connectivity index (χ3n) is 4.69. The topological polar surface area (TPSA) is 74.6 Å². The van der Waals surface area contributed by atoms with Crippen LogP contribution >= 0.6 is 0 Å². The molecule has 0 radical (unpaired) electrons. The van der Waals surface area contributed by atoms with Crippen LogP contribution in [0.3, 0.4) is 0 Å². The Morgan fingerprint density at radius 3 is 2.89 bits per heavy atom. The second-order valence-electron chi connectivity index (χ2n) is 6.87. The highest BCUT2D eigenvalue weighted by atomic mass is 19.1. The second-order valence-corrected chi connectivity index (χ2v) is 6.87. The molecule has 1 saturated heterocycles. The van der Waals surface area contributed by atoms with E-state index in [0.29, 0.717) is 13.1 Å². The SMILES string of the molecule is O=C(CCNC(=O)C1CCCN(Cc2ccco2)C1)Nc1cc(F)ccc1F. The molecule has 0 saturated carbocycles. The number of carbonyl (C=O) groups excluding carboxylic acids is 2. The minimum atomic E-state index is -0.711. The Bertz CT molecular complexity index is 811. The van der Waals surface area contributed by atoms with Gasteiger partial charge >= 0.3 is 0 Å². The molecular formula is C20H23F2N3O3. The lowest BCUT2D eigenvalue weighted by atomic mass is 9.97. The van der Waals surface area contributed by atoms with E-state index in [-0.39, 0.29) is 30.5 Å². The number of nitrogens with one attached hydrogen (secondary N) is 2. The highest BCUT2D eigenvalue weighted by Gasteiger charge is 2.26. The Hall–Kier alpha value is -2.74. The minimum absolute atomic E-state index is 0.0233. The first-order valence-corrected chi connectivity index (χ1v) is 9.28. The summed E-state index contributed by atoms with van der Waals surface area (Å²) in [7, 11) is 0. The Labute approximate surface area is 161 Å². The van der Waals surface area contributed by atoms with Crippen molar-refractivity contribution in [2.24, 2.45) is 5.92 Å². The van der Waals surface area contributed by atoms with E-state index in [2.05, 4.69) is 15.5 Å². The molecule has 2 amide bonds. The van der Waals surface area contributed by atoms with Gasteiger partial charge in [0, 0.05) is 25.6 Å². The summed E-state index contributed by atoms with van der Waals surface area (Å²) in [5.74, 6) is -1.23. The van der Waals surface area contributed by atoms with Gasteiger partial charge in [0.2, 0.25) is 11.8 Å². The maximum Gasteiger partial charge on any atom is 0.226 e. The van der Waals surface area contributed by atoms with Gasteiger partial charge < -0.3 is 15.1 Å². The van der Waals surface area contributed by atoms with Crippen molar-refractivity contribution in [3.63, 3.8) is 0 Å². The van der Waals surface area contributed by atoms with Gasteiger partial charge in [0.05, 0.1) is 24.4 Å². The number of halogens is 2. The Morgan fingerprint density at radius 1 is 1.25 bits per heavy atom. The molecule has 6 nitrogen and oxygen atoms in total. The molecule has 1 unspecified atom stereocenters. The zero-order valence-corrected chi connectivity index (χ0v) is 15.4. The summed E-state index contributed by atoms with van der Waals surface area (Å²) < 4.78 is 32.0. The largest absolute Gasteiger partial charge is 0.468 e. The van der Waals surface area contributed by atoms with Gasteiger partial charge in [-0.05, 0) is 43.7 Å². The molecule has 1 aromatic heterocycles. The van der Waals surface area contributed by atoms with E-state index >= 15 is 0 Å². The first-order chi connectivity index (χ1) is 13.5. The van der Waals surface area contributed by atoms with Crippen LogP contribution in [-0.2, 0) is 16.1 Å². The van der Waals surface area contributed by atoms with E-state index in [1.54, 1.807) is 6.26 Å². The maximum atomic E-state index is 13.5. The van der Waals surface area contributed by atoms with Crippen LogP contribution in [-0.4, -0.2) is 36.3 Å². The van der Waals surface area contributed by atoms with Crippen molar-refractivity contribution in [2.45, 2.75) is 25.8 Å². The van der Waals surface area contributed by atoms with Crippen LogP contribution in [0.4, 0.5) is 14.5 Å². The third-order valence-corrected chi connectivity index (χ3v) is 4.69. The van der Waals surface area contributed by atoms with Crippen LogP contribution < -0.4 is 10.6 Å². The summed E-state index contributed by atoms with van der Waals surface area (Å²) in [5, 5.41) is 5.07. The molecule has 8 heteroatoms. The second kappa shape index (κ2) is 9.45. The van der Waals surface area contributed by atoms with Crippen LogP contribution in [0.5, 0.6) is 0 Å². The van der Waals surface area contributed by atoms with Crippen LogP contribution in [0.2, 0.25) is 0 Å². The molecule has 3 rings (SSSR count). The molecule has 150 valence electrons. The average molecular weight is 391 g/mol. The highest BCUT2D eigenvalue weighted by molar-refractivity contribution is 5.91. The quantitative estimate of drug-likeness (QED) is 0.761. The van der Waals surface area contributed by atoms with E-state index < -0.39 is 17.5 Å². The first-order valence-electron chi connectivity index (χ1n) is 9.28. The zero-order chi connectivity index (χ0) is 19.9. The number of furan rings is 1. The Balaban J connectivity index is 1.41. The summed E-state index contributed by atoms with van der Waals surface area (Å²) in [6.07, 6.45) is 3.31. The fraction of sp³-hybridized carbons (Fsp3) is 0.400. The van der Waals surface area contributed by atoms with Gasteiger partial charge in [0.25, 0.3) is 0 Å². The number of likely N-dealkylation sites (tertiary alicyclic amines) is 1. The van der Waals surface area contributed by atoms with E-state index in [4.69, 9.17) is 4.42 Å². The zero-order valence-electron chi connectivity index (χ0n) is 15.4. The van der Waals surface area contributed by atoms with Crippen LogP contribution in [0, 0.1) is 17.6 Å². The van der Waals surface area contributed by atoms with E-state index in [1.807, 2.05) is 12.1 Å². The Kier molecular flexibility index (Phi) is 6.76. The lowest BCUT2D eigenvalue weighted by molar-refractivity contribution is -0.126. The average Bonchev–Trinajstić information content (AvgIpc) is 3.18. The van der Waals surface area contributed by atoms with Crippen molar-refractivity contribution in [3.8, 4) is 0 Å². The van der Waals surface area contributed by atoms with Crippen molar-refractivity contribution in [1.82, 2.24) is 10.2 Å². The molecule has 1 aliphatic heterocycles. The molecule has 0 bridgehead atoms. The van der Waals surface area contributed by atoms with Crippen LogP contribution in [0.1, 0.15) is 25.0 Å². The summed E-state index contributed by atoms with van der Waals surface area (Å²) >= 11 is 0. The lowest BCUT2D eigenvalue weighted by Crippen LogP contribution is -2.43. The van der Waals surface area contributed by atoms with Crippen LogP contribution in [0.15, 0.2) is 41.0 Å². The van der Waals surface area contributed by atoms with Gasteiger partial charge in [-0.2, -0.15) is 0 Å². The fourth-order valence-corrected chi connectivity index (χ4v) is 3.29. The number of amides is 2. The highest BCUT2D eigenvalue weighted by Crippen LogP contribution is 2.19. The normalized spacial score (nSPS) is 17.3. The van der Waals surface area contributed by atoms with E-state index in [0.717, 1.165) is 43.3 Å². The molecule has 1 fully saturated rings. The van der Waals surface area contributed by atoms with E-state index in [9.17, 15) is 18.4 Å². The van der Waals surface area contributed by atoms with Gasteiger partial charge in [-0.1, -0.05) is 0 Å². The number of nitrogens with zero attached hydrogens (tertiary/aromatic N) is 1. The maximum absolute atomic E-state index is 13.5. The van der Waals surface area contributed by atoms with Gasteiger partial charge in [-0.25, -0.2) is 8.78 Å². The third kappa shape index (κ3) is 5.63. The van der Waals surface area contributed by atoms with Crippen molar-refractivity contribution >= 4 is 17.5 Å². The van der Waals surface area contributed by atoms with Crippen molar-refractivity contribution < 1.29 is 22.8 Å². The fourth-order valence-electron chi connectivity index (χ4n) is 3.29. The number of benzene rings is 1. The molecule has 28 heavy (non-hydrogen) atoms. The van der Waals surface area contributed by atoms with Crippen molar-refractivity contribution in [3.05, 3.63) is 54.0 Å². The molecule has 1 aromatic carbocycles. The molecular weight excluding hydrogens is 368 g/mol. The number of rotatable bonds is 7. The van der Waals surface area contributed by atoms with Crippen LogP contribution in [0.25, 0.3) is 0 Å². The number of piperidine rings is 1. The molecule has 2 aromatic rings. The predicted octanol–water partition coefficient (Wildman–Crippen LogP) is 2.91. The predicted molar refractivity (Wildman–Crippen MR) is 99.3 cm³/mol. The van der Waals surface area contributed by atoms with Gasteiger partial charge in [-0.15, -0.1) is 0 Å². The van der Waals surface area contributed by atoms with Gasteiger partial charge in [0.15, 0.2) is 0 Å². The summed E-state index contributed by atoms with van der Waals surface area (Å²) in [6, 6.07) is 6.59. The minimum Gasteiger partial charge on any atom is -0.468 e. The number of hydrogen-bond acceptors (Lipinski definition) is 4. The number of anilines is 1. The lowest BCUT2D eigenvalue weighted by Gasteiger charge is -2.31. The summed E-state index contributed by atoms with van der Waals surface area (Å²) in [6.45, 7) is 2.34. The smallest absolute Gasteiger partial charge is 0.226 e.